The Morgan fingerprint density at radius 1 is 1.19 bits per heavy atom. The molecule has 0 saturated heterocycles. The highest BCUT2D eigenvalue weighted by Crippen LogP contribution is 2.25. The van der Waals surface area contributed by atoms with E-state index in [2.05, 4.69) is 6.07 Å². The van der Waals surface area contributed by atoms with Gasteiger partial charge in [0.1, 0.15) is 0 Å². The molecule has 1 atom stereocenters. The van der Waals surface area contributed by atoms with Crippen molar-refractivity contribution < 1.29 is 4.74 Å². The SMILES string of the molecule is CCO[C@H](C#N)c1cccc2ccccc12. The van der Waals surface area contributed by atoms with Crippen LogP contribution in [-0.2, 0) is 4.74 Å². The maximum atomic E-state index is 9.10. The van der Waals surface area contributed by atoms with E-state index < -0.39 is 6.10 Å². The molecule has 0 aromatic heterocycles. The Labute approximate surface area is 95.1 Å². The van der Waals surface area contributed by atoms with Gasteiger partial charge in [0.15, 0.2) is 6.10 Å². The summed E-state index contributed by atoms with van der Waals surface area (Å²) in [6, 6.07) is 16.2. The Morgan fingerprint density at radius 2 is 1.94 bits per heavy atom. The van der Waals surface area contributed by atoms with Crippen molar-refractivity contribution in [2.75, 3.05) is 6.61 Å². The van der Waals surface area contributed by atoms with Crippen LogP contribution in [0.3, 0.4) is 0 Å². The fraction of sp³-hybridized carbons (Fsp3) is 0.214. The van der Waals surface area contributed by atoms with Gasteiger partial charge in [0, 0.05) is 12.2 Å². The highest BCUT2D eigenvalue weighted by Gasteiger charge is 2.12. The van der Waals surface area contributed by atoms with Crippen molar-refractivity contribution in [1.82, 2.24) is 0 Å². The van der Waals surface area contributed by atoms with Crippen LogP contribution in [0.4, 0.5) is 0 Å². The summed E-state index contributed by atoms with van der Waals surface area (Å²) >= 11 is 0. The summed E-state index contributed by atoms with van der Waals surface area (Å²) in [4.78, 5) is 0. The number of nitriles is 1. The molecule has 16 heavy (non-hydrogen) atoms. The molecular weight excluding hydrogens is 198 g/mol. The van der Waals surface area contributed by atoms with Crippen LogP contribution in [0.25, 0.3) is 10.8 Å². The van der Waals surface area contributed by atoms with Crippen molar-refractivity contribution in [3.05, 3.63) is 48.0 Å². The molecule has 2 nitrogen and oxygen atoms in total. The summed E-state index contributed by atoms with van der Waals surface area (Å²) < 4.78 is 5.42. The summed E-state index contributed by atoms with van der Waals surface area (Å²) in [5, 5.41) is 11.3. The van der Waals surface area contributed by atoms with Gasteiger partial charge in [-0.15, -0.1) is 0 Å². The zero-order valence-electron chi connectivity index (χ0n) is 9.18. The Bertz CT molecular complexity index is 522. The minimum Gasteiger partial charge on any atom is -0.359 e. The largest absolute Gasteiger partial charge is 0.359 e. The predicted molar refractivity (Wildman–Crippen MR) is 63.9 cm³/mol. The highest BCUT2D eigenvalue weighted by molar-refractivity contribution is 5.86. The Kier molecular flexibility index (Phi) is 3.19. The van der Waals surface area contributed by atoms with E-state index in [1.165, 1.54) is 0 Å². The van der Waals surface area contributed by atoms with Crippen LogP contribution in [-0.4, -0.2) is 6.61 Å². The van der Waals surface area contributed by atoms with Gasteiger partial charge in [0.2, 0.25) is 0 Å². The molecule has 0 heterocycles. The van der Waals surface area contributed by atoms with Crippen LogP contribution in [0, 0.1) is 11.3 Å². The van der Waals surface area contributed by atoms with Crippen molar-refractivity contribution in [3.63, 3.8) is 0 Å². The van der Waals surface area contributed by atoms with Gasteiger partial charge in [-0.3, -0.25) is 0 Å². The molecule has 2 rings (SSSR count). The fourth-order valence-electron chi connectivity index (χ4n) is 1.84. The Morgan fingerprint density at radius 3 is 2.69 bits per heavy atom. The zero-order chi connectivity index (χ0) is 11.4. The van der Waals surface area contributed by atoms with E-state index in [1.807, 2.05) is 49.4 Å². The van der Waals surface area contributed by atoms with Gasteiger partial charge >= 0.3 is 0 Å². The lowest BCUT2D eigenvalue weighted by molar-refractivity contribution is 0.103. The lowest BCUT2D eigenvalue weighted by Gasteiger charge is -2.12. The molecular formula is C14H13NO. The second-order valence-electron chi connectivity index (χ2n) is 3.53. The summed E-state index contributed by atoms with van der Waals surface area (Å²) in [6.07, 6.45) is -0.476. The van der Waals surface area contributed by atoms with Gasteiger partial charge in [-0.25, -0.2) is 0 Å². The van der Waals surface area contributed by atoms with E-state index in [1.54, 1.807) is 0 Å². The van der Waals surface area contributed by atoms with Crippen molar-refractivity contribution in [1.29, 1.82) is 5.26 Å². The normalized spacial score (nSPS) is 12.2. The second kappa shape index (κ2) is 4.78. The third-order valence-corrected chi connectivity index (χ3v) is 2.56. The maximum Gasteiger partial charge on any atom is 0.169 e. The molecule has 0 aliphatic rings. The number of rotatable bonds is 3. The summed E-state index contributed by atoms with van der Waals surface area (Å²) in [5.41, 5.74) is 0.947. The standard InChI is InChI=1S/C14H13NO/c1-2-16-14(10-15)13-9-5-7-11-6-3-4-8-12(11)13/h3-9,14H,2H2,1H3/t14-/m1/s1. The second-order valence-corrected chi connectivity index (χ2v) is 3.53. The molecule has 2 aromatic rings. The predicted octanol–water partition coefficient (Wildman–Crippen LogP) is 3.44. The first-order valence-electron chi connectivity index (χ1n) is 5.35. The molecule has 0 aliphatic heterocycles. The van der Waals surface area contributed by atoms with E-state index in [9.17, 15) is 0 Å². The van der Waals surface area contributed by atoms with Gasteiger partial charge in [0.25, 0.3) is 0 Å². The highest BCUT2D eigenvalue weighted by atomic mass is 16.5. The molecule has 0 amide bonds. The zero-order valence-corrected chi connectivity index (χ0v) is 9.18. The minimum absolute atomic E-state index is 0.476. The molecule has 0 bridgehead atoms. The fourth-order valence-corrected chi connectivity index (χ4v) is 1.84. The molecule has 0 spiro atoms. The number of hydrogen-bond donors (Lipinski definition) is 0. The molecule has 80 valence electrons. The van der Waals surface area contributed by atoms with E-state index in [4.69, 9.17) is 10.00 Å². The van der Waals surface area contributed by atoms with Gasteiger partial charge in [-0.1, -0.05) is 42.5 Å². The average Bonchev–Trinajstić information content (AvgIpc) is 2.35. The van der Waals surface area contributed by atoms with E-state index in [-0.39, 0.29) is 0 Å². The van der Waals surface area contributed by atoms with Crippen LogP contribution in [0.15, 0.2) is 42.5 Å². The van der Waals surface area contributed by atoms with Crippen molar-refractivity contribution in [2.24, 2.45) is 0 Å². The van der Waals surface area contributed by atoms with E-state index in [0.29, 0.717) is 6.61 Å². The lowest BCUT2D eigenvalue weighted by atomic mass is 10.0. The molecule has 0 aliphatic carbocycles. The van der Waals surface area contributed by atoms with Crippen molar-refractivity contribution in [2.45, 2.75) is 13.0 Å². The summed E-state index contributed by atoms with van der Waals surface area (Å²) in [6.45, 7) is 2.44. The number of benzene rings is 2. The monoisotopic (exact) mass is 211 g/mol. The van der Waals surface area contributed by atoms with Crippen LogP contribution in [0.2, 0.25) is 0 Å². The van der Waals surface area contributed by atoms with Crippen LogP contribution < -0.4 is 0 Å². The summed E-state index contributed by atoms with van der Waals surface area (Å²) in [5.74, 6) is 0. The number of ether oxygens (including phenoxy) is 1. The maximum absolute atomic E-state index is 9.10. The van der Waals surface area contributed by atoms with E-state index >= 15 is 0 Å². The first-order chi connectivity index (χ1) is 7.86. The molecule has 2 heteroatoms. The quantitative estimate of drug-likeness (QED) is 0.779. The number of fused-ring (bicyclic) bond motifs is 1. The van der Waals surface area contributed by atoms with Gasteiger partial charge in [-0.2, -0.15) is 5.26 Å². The molecule has 0 fully saturated rings. The number of nitrogens with zero attached hydrogens (tertiary/aromatic N) is 1. The van der Waals surface area contributed by atoms with Crippen molar-refractivity contribution >= 4 is 10.8 Å². The average molecular weight is 211 g/mol. The first-order valence-corrected chi connectivity index (χ1v) is 5.35. The van der Waals surface area contributed by atoms with Gasteiger partial charge < -0.3 is 4.74 Å². The molecule has 0 radical (unpaired) electrons. The first kappa shape index (κ1) is 10.7. The van der Waals surface area contributed by atoms with Crippen molar-refractivity contribution in [3.8, 4) is 6.07 Å². The topological polar surface area (TPSA) is 33.0 Å². The van der Waals surface area contributed by atoms with Gasteiger partial charge in [-0.05, 0) is 17.7 Å². The van der Waals surface area contributed by atoms with E-state index in [0.717, 1.165) is 16.3 Å². The molecule has 2 aromatic carbocycles. The molecule has 0 N–H and O–H groups in total. The Balaban J connectivity index is 2.55. The lowest BCUT2D eigenvalue weighted by Crippen LogP contribution is -2.02. The number of hydrogen-bond acceptors (Lipinski definition) is 2. The van der Waals surface area contributed by atoms with Crippen LogP contribution in [0.1, 0.15) is 18.6 Å². The van der Waals surface area contributed by atoms with Crippen LogP contribution >= 0.6 is 0 Å². The molecule has 0 unspecified atom stereocenters. The molecule has 0 saturated carbocycles. The Hall–Kier alpha value is -1.85. The van der Waals surface area contributed by atoms with Crippen LogP contribution in [0.5, 0.6) is 0 Å². The van der Waals surface area contributed by atoms with Gasteiger partial charge in [0.05, 0.1) is 6.07 Å². The smallest absolute Gasteiger partial charge is 0.169 e. The summed E-state index contributed by atoms with van der Waals surface area (Å²) in [7, 11) is 0. The minimum atomic E-state index is -0.476. The third kappa shape index (κ3) is 1.91. The third-order valence-electron chi connectivity index (χ3n) is 2.56.